The summed E-state index contributed by atoms with van der Waals surface area (Å²) in [6.07, 6.45) is 1.55. The minimum absolute atomic E-state index is 0.767. The summed E-state index contributed by atoms with van der Waals surface area (Å²) in [6.45, 7) is 0.771. The molecule has 0 unspecified atom stereocenters. The van der Waals surface area contributed by atoms with Crippen LogP contribution in [0.5, 0.6) is 0 Å². The van der Waals surface area contributed by atoms with Gasteiger partial charge in [0.15, 0.2) is 5.82 Å². The van der Waals surface area contributed by atoms with E-state index in [1.54, 1.807) is 12.3 Å². The molecule has 0 atom stereocenters. The van der Waals surface area contributed by atoms with Gasteiger partial charge in [-0.3, -0.25) is 0 Å². The van der Waals surface area contributed by atoms with E-state index in [9.17, 15) is 0 Å². The van der Waals surface area contributed by atoms with Gasteiger partial charge in [0.1, 0.15) is 6.26 Å². The molecule has 0 fully saturated rings. The lowest BCUT2D eigenvalue weighted by Gasteiger charge is -2.00. The summed E-state index contributed by atoms with van der Waals surface area (Å²) in [7, 11) is 0. The van der Waals surface area contributed by atoms with Gasteiger partial charge in [-0.05, 0) is 5.56 Å². The molecule has 3 heteroatoms. The number of hydrogen-bond donors (Lipinski definition) is 1. The van der Waals surface area contributed by atoms with Gasteiger partial charge >= 0.3 is 0 Å². The fourth-order valence-corrected chi connectivity index (χ4v) is 1.09. The molecule has 0 radical (unpaired) electrons. The summed E-state index contributed by atoms with van der Waals surface area (Å²) < 4.78 is 4.69. The first kappa shape index (κ1) is 7.86. The van der Waals surface area contributed by atoms with Crippen molar-refractivity contribution in [1.29, 1.82) is 0 Å². The second kappa shape index (κ2) is 3.76. The van der Waals surface area contributed by atoms with Crippen LogP contribution in [0.2, 0.25) is 0 Å². The van der Waals surface area contributed by atoms with Gasteiger partial charge in [0.05, 0.1) is 0 Å². The molecule has 0 bridgehead atoms. The summed E-state index contributed by atoms with van der Waals surface area (Å²) in [5.41, 5.74) is 1.23. The van der Waals surface area contributed by atoms with Crippen LogP contribution < -0.4 is 5.32 Å². The topological polar surface area (TPSA) is 38.1 Å². The highest BCUT2D eigenvalue weighted by atomic mass is 16.5. The number of hydrogen-bond acceptors (Lipinski definition) is 3. The minimum atomic E-state index is 0.767. The van der Waals surface area contributed by atoms with E-state index in [1.165, 1.54) is 5.56 Å². The van der Waals surface area contributed by atoms with E-state index in [0.29, 0.717) is 0 Å². The van der Waals surface area contributed by atoms with Crippen molar-refractivity contribution in [2.75, 3.05) is 5.32 Å². The highest BCUT2D eigenvalue weighted by Crippen LogP contribution is 2.05. The predicted octanol–water partition coefficient (Wildman–Crippen LogP) is 2.29. The molecule has 66 valence electrons. The summed E-state index contributed by atoms with van der Waals surface area (Å²) in [4.78, 5) is 0. The quantitative estimate of drug-likeness (QED) is 0.775. The molecule has 2 aromatic rings. The normalized spacial score (nSPS) is 9.85. The lowest BCUT2D eigenvalue weighted by atomic mass is 10.2. The predicted molar refractivity (Wildman–Crippen MR) is 50.3 cm³/mol. The molecule has 0 saturated carbocycles. The molecule has 1 aromatic heterocycles. The maximum absolute atomic E-state index is 4.69. The molecule has 3 nitrogen and oxygen atoms in total. The number of nitrogens with zero attached hydrogens (tertiary/aromatic N) is 1. The third-order valence-corrected chi connectivity index (χ3v) is 1.75. The van der Waals surface area contributed by atoms with Gasteiger partial charge < -0.3 is 9.84 Å². The van der Waals surface area contributed by atoms with Crippen LogP contribution in [-0.2, 0) is 6.54 Å². The van der Waals surface area contributed by atoms with Crippen LogP contribution in [-0.4, -0.2) is 5.16 Å². The average molecular weight is 174 g/mol. The number of aromatic nitrogens is 1. The minimum Gasteiger partial charge on any atom is -0.363 e. The fraction of sp³-hybridized carbons (Fsp3) is 0.100. The first-order valence-electron chi connectivity index (χ1n) is 4.13. The first-order chi connectivity index (χ1) is 6.45. The number of nitrogens with one attached hydrogen (secondary N) is 1. The first-order valence-corrected chi connectivity index (χ1v) is 4.13. The van der Waals surface area contributed by atoms with Crippen molar-refractivity contribution in [3.05, 3.63) is 48.2 Å². The Labute approximate surface area is 76.4 Å². The van der Waals surface area contributed by atoms with Gasteiger partial charge in [-0.25, -0.2) is 0 Å². The molecule has 0 aliphatic heterocycles. The highest BCUT2D eigenvalue weighted by molar-refractivity contribution is 5.32. The SMILES string of the molecule is c1ccc(CNc2ccon2)cc1. The van der Waals surface area contributed by atoms with Crippen LogP contribution in [0, 0.1) is 0 Å². The molecule has 0 saturated heterocycles. The Bertz CT molecular complexity index is 342. The molecular weight excluding hydrogens is 164 g/mol. The van der Waals surface area contributed by atoms with E-state index in [-0.39, 0.29) is 0 Å². The number of benzene rings is 1. The molecule has 2 rings (SSSR count). The Balaban J connectivity index is 1.94. The van der Waals surface area contributed by atoms with E-state index in [0.717, 1.165) is 12.4 Å². The van der Waals surface area contributed by atoms with Crippen molar-refractivity contribution in [3.63, 3.8) is 0 Å². The smallest absolute Gasteiger partial charge is 0.169 e. The zero-order valence-corrected chi connectivity index (χ0v) is 7.10. The maximum Gasteiger partial charge on any atom is 0.169 e. The molecule has 1 N–H and O–H groups in total. The molecule has 0 spiro atoms. The van der Waals surface area contributed by atoms with Crippen LogP contribution in [0.4, 0.5) is 5.82 Å². The van der Waals surface area contributed by atoms with Crippen molar-refractivity contribution in [3.8, 4) is 0 Å². The van der Waals surface area contributed by atoms with Gasteiger partial charge in [-0.1, -0.05) is 35.5 Å². The van der Waals surface area contributed by atoms with Crippen LogP contribution in [0.25, 0.3) is 0 Å². The van der Waals surface area contributed by atoms with Crippen LogP contribution in [0.1, 0.15) is 5.56 Å². The molecular formula is C10H10N2O. The zero-order valence-electron chi connectivity index (χ0n) is 7.10. The van der Waals surface area contributed by atoms with Crippen LogP contribution in [0.15, 0.2) is 47.2 Å². The summed E-state index contributed by atoms with van der Waals surface area (Å²) in [5, 5.41) is 6.88. The van der Waals surface area contributed by atoms with Gasteiger partial charge in [-0.15, -0.1) is 0 Å². The third kappa shape index (κ3) is 2.08. The molecule has 1 aromatic carbocycles. The second-order valence-electron chi connectivity index (χ2n) is 2.72. The molecule has 0 aliphatic rings. The number of anilines is 1. The van der Waals surface area contributed by atoms with Crippen molar-refractivity contribution < 1.29 is 4.52 Å². The van der Waals surface area contributed by atoms with Gasteiger partial charge in [0, 0.05) is 12.6 Å². The van der Waals surface area contributed by atoms with Gasteiger partial charge in [0.2, 0.25) is 0 Å². The Kier molecular flexibility index (Phi) is 2.27. The van der Waals surface area contributed by atoms with Crippen molar-refractivity contribution >= 4 is 5.82 Å². The Morgan fingerprint density at radius 2 is 2.00 bits per heavy atom. The zero-order chi connectivity index (χ0) is 8.93. The van der Waals surface area contributed by atoms with Crippen LogP contribution >= 0.6 is 0 Å². The largest absolute Gasteiger partial charge is 0.363 e. The van der Waals surface area contributed by atoms with Crippen molar-refractivity contribution in [1.82, 2.24) is 5.16 Å². The van der Waals surface area contributed by atoms with E-state index in [4.69, 9.17) is 4.52 Å². The van der Waals surface area contributed by atoms with Crippen molar-refractivity contribution in [2.24, 2.45) is 0 Å². The Morgan fingerprint density at radius 3 is 2.69 bits per heavy atom. The van der Waals surface area contributed by atoms with E-state index in [1.807, 2.05) is 18.2 Å². The summed E-state index contributed by atoms with van der Waals surface area (Å²) in [5.74, 6) is 0.767. The summed E-state index contributed by atoms with van der Waals surface area (Å²) in [6, 6.07) is 11.9. The molecule has 1 heterocycles. The van der Waals surface area contributed by atoms with E-state index in [2.05, 4.69) is 22.6 Å². The fourth-order valence-electron chi connectivity index (χ4n) is 1.09. The maximum atomic E-state index is 4.69. The average Bonchev–Trinajstić information content (AvgIpc) is 2.69. The lowest BCUT2D eigenvalue weighted by molar-refractivity contribution is 0.422. The van der Waals surface area contributed by atoms with Crippen LogP contribution in [0.3, 0.4) is 0 Å². The molecule has 0 aliphatic carbocycles. The van der Waals surface area contributed by atoms with E-state index < -0.39 is 0 Å². The standard InChI is InChI=1S/C10H10N2O/c1-2-4-9(5-3-1)8-11-10-6-7-13-12-10/h1-7H,8H2,(H,11,12). The lowest BCUT2D eigenvalue weighted by Crippen LogP contribution is -1.98. The Morgan fingerprint density at radius 1 is 1.15 bits per heavy atom. The van der Waals surface area contributed by atoms with E-state index >= 15 is 0 Å². The monoisotopic (exact) mass is 174 g/mol. The van der Waals surface area contributed by atoms with Gasteiger partial charge in [0.25, 0.3) is 0 Å². The number of rotatable bonds is 3. The third-order valence-electron chi connectivity index (χ3n) is 1.75. The van der Waals surface area contributed by atoms with Gasteiger partial charge in [-0.2, -0.15) is 0 Å². The second-order valence-corrected chi connectivity index (χ2v) is 2.72. The Hall–Kier alpha value is -1.77. The molecule has 13 heavy (non-hydrogen) atoms. The van der Waals surface area contributed by atoms with Crippen molar-refractivity contribution in [2.45, 2.75) is 6.54 Å². The summed E-state index contributed by atoms with van der Waals surface area (Å²) >= 11 is 0. The molecule has 0 amide bonds. The highest BCUT2D eigenvalue weighted by Gasteiger charge is 1.94.